The lowest BCUT2D eigenvalue weighted by atomic mass is 10.0. The van der Waals surface area contributed by atoms with E-state index in [1.807, 2.05) is 12.1 Å². The summed E-state index contributed by atoms with van der Waals surface area (Å²) in [6.45, 7) is 3.75. The molecule has 21 heavy (non-hydrogen) atoms. The average Bonchev–Trinajstić information content (AvgIpc) is 3.01. The molecule has 2 fully saturated rings. The first-order valence-corrected chi connectivity index (χ1v) is 8.54. The summed E-state index contributed by atoms with van der Waals surface area (Å²) in [5.74, 6) is 1.88. The van der Waals surface area contributed by atoms with Gasteiger partial charge in [0.2, 0.25) is 0 Å². The molecule has 2 heterocycles. The standard InChI is InChI=1S/C16H25ClN4/c1-20(16-7-6-15(17)18-19-16)14-8-10-21(11-9-14)12-13-4-2-3-5-13/h6-7,13-14H,2-5,8-12H2,1H3. The number of aromatic nitrogens is 2. The van der Waals surface area contributed by atoms with E-state index in [4.69, 9.17) is 11.6 Å². The monoisotopic (exact) mass is 308 g/mol. The lowest BCUT2D eigenvalue weighted by Crippen LogP contribution is -2.44. The van der Waals surface area contributed by atoms with Gasteiger partial charge in [0, 0.05) is 32.7 Å². The molecule has 5 heteroatoms. The van der Waals surface area contributed by atoms with Gasteiger partial charge in [-0.15, -0.1) is 10.2 Å². The van der Waals surface area contributed by atoms with E-state index < -0.39 is 0 Å². The second-order valence-corrected chi connectivity index (χ2v) is 6.89. The fraction of sp³-hybridized carbons (Fsp3) is 0.750. The maximum Gasteiger partial charge on any atom is 0.151 e. The normalized spacial score (nSPS) is 21.8. The molecule has 0 N–H and O–H groups in total. The van der Waals surface area contributed by atoms with E-state index in [1.165, 1.54) is 58.2 Å². The smallest absolute Gasteiger partial charge is 0.151 e. The van der Waals surface area contributed by atoms with Gasteiger partial charge in [-0.3, -0.25) is 0 Å². The quantitative estimate of drug-likeness (QED) is 0.855. The first-order chi connectivity index (χ1) is 10.2. The van der Waals surface area contributed by atoms with Crippen LogP contribution in [-0.4, -0.2) is 47.8 Å². The Morgan fingerprint density at radius 2 is 1.86 bits per heavy atom. The third-order valence-corrected chi connectivity index (χ3v) is 5.28. The third kappa shape index (κ3) is 3.86. The third-order valence-electron chi connectivity index (χ3n) is 5.08. The SMILES string of the molecule is CN(c1ccc(Cl)nn1)C1CCN(CC2CCCC2)CC1. The largest absolute Gasteiger partial charge is 0.355 e. The van der Waals surface area contributed by atoms with Crippen molar-refractivity contribution in [2.24, 2.45) is 5.92 Å². The first kappa shape index (κ1) is 15.0. The fourth-order valence-electron chi connectivity index (χ4n) is 3.73. The van der Waals surface area contributed by atoms with Gasteiger partial charge in [0.05, 0.1) is 0 Å². The number of anilines is 1. The number of hydrogen-bond donors (Lipinski definition) is 0. The molecule has 0 atom stereocenters. The Hall–Kier alpha value is -0.870. The minimum Gasteiger partial charge on any atom is -0.355 e. The molecule has 1 aliphatic carbocycles. The van der Waals surface area contributed by atoms with Gasteiger partial charge in [-0.1, -0.05) is 24.4 Å². The Labute approximate surface area is 132 Å². The zero-order valence-electron chi connectivity index (χ0n) is 12.8. The van der Waals surface area contributed by atoms with Gasteiger partial charge >= 0.3 is 0 Å². The maximum atomic E-state index is 5.80. The minimum atomic E-state index is 0.457. The molecule has 3 rings (SSSR count). The van der Waals surface area contributed by atoms with Gasteiger partial charge < -0.3 is 9.80 Å². The molecule has 2 aliphatic rings. The lowest BCUT2D eigenvalue weighted by Gasteiger charge is -2.38. The van der Waals surface area contributed by atoms with Crippen molar-refractivity contribution in [1.82, 2.24) is 15.1 Å². The molecule has 1 saturated heterocycles. The first-order valence-electron chi connectivity index (χ1n) is 8.17. The Bertz CT molecular complexity index is 436. The molecular formula is C16H25ClN4. The zero-order chi connectivity index (χ0) is 14.7. The second-order valence-electron chi connectivity index (χ2n) is 6.51. The Kier molecular flexibility index (Phi) is 4.96. The summed E-state index contributed by atoms with van der Waals surface area (Å²) in [4.78, 5) is 4.92. The van der Waals surface area contributed by atoms with E-state index in [0.717, 1.165) is 11.7 Å². The van der Waals surface area contributed by atoms with Crippen LogP contribution in [0.25, 0.3) is 0 Å². The summed E-state index contributed by atoms with van der Waals surface area (Å²) in [5, 5.41) is 8.58. The Balaban J connectivity index is 1.49. The molecule has 1 aromatic rings. The number of piperidine rings is 1. The summed E-state index contributed by atoms with van der Waals surface area (Å²) in [7, 11) is 2.12. The number of rotatable bonds is 4. The van der Waals surface area contributed by atoms with Gasteiger partial charge in [-0.2, -0.15) is 0 Å². The molecule has 0 radical (unpaired) electrons. The van der Waals surface area contributed by atoms with Crippen molar-refractivity contribution in [3.63, 3.8) is 0 Å². The van der Waals surface area contributed by atoms with Crippen molar-refractivity contribution in [2.75, 3.05) is 31.6 Å². The van der Waals surface area contributed by atoms with Crippen molar-refractivity contribution in [1.29, 1.82) is 0 Å². The van der Waals surface area contributed by atoms with Gasteiger partial charge in [-0.05, 0) is 43.7 Å². The van der Waals surface area contributed by atoms with Crippen LogP contribution >= 0.6 is 11.6 Å². The van der Waals surface area contributed by atoms with Crippen molar-refractivity contribution in [2.45, 2.75) is 44.6 Å². The van der Waals surface area contributed by atoms with Crippen LogP contribution in [0.3, 0.4) is 0 Å². The van der Waals surface area contributed by atoms with Crippen LogP contribution in [0.1, 0.15) is 38.5 Å². The minimum absolute atomic E-state index is 0.457. The highest BCUT2D eigenvalue weighted by molar-refractivity contribution is 6.29. The molecule has 116 valence electrons. The molecule has 0 amide bonds. The van der Waals surface area contributed by atoms with E-state index in [0.29, 0.717) is 11.2 Å². The van der Waals surface area contributed by atoms with Crippen LogP contribution in [-0.2, 0) is 0 Å². The van der Waals surface area contributed by atoms with Crippen molar-refractivity contribution < 1.29 is 0 Å². The average molecular weight is 309 g/mol. The lowest BCUT2D eigenvalue weighted by molar-refractivity contribution is 0.182. The molecule has 0 bridgehead atoms. The molecule has 4 nitrogen and oxygen atoms in total. The van der Waals surface area contributed by atoms with Crippen molar-refractivity contribution >= 4 is 17.4 Å². The molecule has 1 aromatic heterocycles. The molecule has 1 saturated carbocycles. The van der Waals surface area contributed by atoms with Gasteiger partial charge in [0.15, 0.2) is 11.0 Å². The highest BCUT2D eigenvalue weighted by Gasteiger charge is 2.25. The molecule has 0 spiro atoms. The van der Waals surface area contributed by atoms with Crippen molar-refractivity contribution in [3.05, 3.63) is 17.3 Å². The Morgan fingerprint density at radius 1 is 1.14 bits per heavy atom. The van der Waals surface area contributed by atoms with E-state index in [-0.39, 0.29) is 0 Å². The van der Waals surface area contributed by atoms with Crippen LogP contribution in [0.5, 0.6) is 0 Å². The summed E-state index contributed by atoms with van der Waals surface area (Å²) in [6, 6.07) is 4.34. The second kappa shape index (κ2) is 6.93. The van der Waals surface area contributed by atoms with Crippen LogP contribution < -0.4 is 4.90 Å². The summed E-state index contributed by atoms with van der Waals surface area (Å²) < 4.78 is 0. The summed E-state index contributed by atoms with van der Waals surface area (Å²) >= 11 is 5.80. The van der Waals surface area contributed by atoms with E-state index in [1.54, 1.807) is 0 Å². The van der Waals surface area contributed by atoms with E-state index in [9.17, 15) is 0 Å². The molecule has 0 aromatic carbocycles. The molecule has 0 unspecified atom stereocenters. The number of likely N-dealkylation sites (tertiary alicyclic amines) is 1. The predicted octanol–water partition coefficient (Wildman–Crippen LogP) is 3.22. The van der Waals surface area contributed by atoms with Crippen LogP contribution in [0.4, 0.5) is 5.82 Å². The number of halogens is 1. The fourth-order valence-corrected chi connectivity index (χ4v) is 3.83. The van der Waals surface area contributed by atoms with E-state index in [2.05, 4.69) is 27.0 Å². The number of nitrogens with zero attached hydrogens (tertiary/aromatic N) is 4. The van der Waals surface area contributed by atoms with Gasteiger partial charge in [0.25, 0.3) is 0 Å². The van der Waals surface area contributed by atoms with Gasteiger partial charge in [-0.25, -0.2) is 0 Å². The topological polar surface area (TPSA) is 32.3 Å². The predicted molar refractivity (Wildman–Crippen MR) is 86.9 cm³/mol. The van der Waals surface area contributed by atoms with Crippen molar-refractivity contribution in [3.8, 4) is 0 Å². The number of hydrogen-bond acceptors (Lipinski definition) is 4. The summed E-state index contributed by atoms with van der Waals surface area (Å²) in [6.07, 6.45) is 8.21. The van der Waals surface area contributed by atoms with E-state index >= 15 is 0 Å². The summed E-state index contributed by atoms with van der Waals surface area (Å²) in [5.41, 5.74) is 0. The zero-order valence-corrected chi connectivity index (χ0v) is 13.6. The Morgan fingerprint density at radius 3 is 2.48 bits per heavy atom. The van der Waals surface area contributed by atoms with Crippen LogP contribution in [0.15, 0.2) is 12.1 Å². The van der Waals surface area contributed by atoms with Crippen LogP contribution in [0.2, 0.25) is 5.15 Å². The molecular weight excluding hydrogens is 284 g/mol. The highest BCUT2D eigenvalue weighted by atomic mass is 35.5. The van der Waals surface area contributed by atoms with Gasteiger partial charge in [0.1, 0.15) is 0 Å². The van der Waals surface area contributed by atoms with Crippen LogP contribution in [0, 0.1) is 5.92 Å². The molecule has 1 aliphatic heterocycles. The highest BCUT2D eigenvalue weighted by Crippen LogP contribution is 2.27. The maximum absolute atomic E-state index is 5.80.